The molecule has 2 aromatic rings. The SMILES string of the molecule is COC(=O)[C@@H]1C[C@H](N(Cc2ccc(OC)cc2)C(=O)OC(C)(C)C)CN1Cc1ccccc1Cl. The summed E-state index contributed by atoms with van der Waals surface area (Å²) in [6, 6.07) is 14.4. The van der Waals surface area contributed by atoms with Crippen LogP contribution in [-0.4, -0.2) is 60.3 Å². The van der Waals surface area contributed by atoms with Gasteiger partial charge >= 0.3 is 12.1 Å². The fourth-order valence-electron chi connectivity index (χ4n) is 4.10. The van der Waals surface area contributed by atoms with Gasteiger partial charge in [0.1, 0.15) is 17.4 Å². The van der Waals surface area contributed by atoms with E-state index in [1.54, 1.807) is 12.0 Å². The smallest absolute Gasteiger partial charge is 0.410 e. The summed E-state index contributed by atoms with van der Waals surface area (Å²) in [4.78, 5) is 29.6. The Hall–Kier alpha value is -2.77. The van der Waals surface area contributed by atoms with Gasteiger partial charge in [-0.3, -0.25) is 14.6 Å². The molecule has 0 aromatic heterocycles. The van der Waals surface area contributed by atoms with Gasteiger partial charge in [0, 0.05) is 24.7 Å². The normalized spacial score (nSPS) is 18.4. The van der Waals surface area contributed by atoms with Crippen LogP contribution >= 0.6 is 11.6 Å². The molecule has 1 saturated heterocycles. The van der Waals surface area contributed by atoms with Gasteiger partial charge in [-0.2, -0.15) is 0 Å². The molecule has 0 aliphatic carbocycles. The topological polar surface area (TPSA) is 68.3 Å². The van der Waals surface area contributed by atoms with E-state index in [1.165, 1.54) is 7.11 Å². The van der Waals surface area contributed by atoms with Crippen molar-refractivity contribution in [2.45, 2.75) is 58.0 Å². The summed E-state index contributed by atoms with van der Waals surface area (Å²) in [5, 5.41) is 0.636. The van der Waals surface area contributed by atoms with E-state index in [1.807, 2.05) is 74.2 Å². The van der Waals surface area contributed by atoms with E-state index in [4.69, 9.17) is 25.8 Å². The fourth-order valence-corrected chi connectivity index (χ4v) is 4.29. The van der Waals surface area contributed by atoms with Crippen LogP contribution in [0.25, 0.3) is 0 Å². The third-order valence-electron chi connectivity index (χ3n) is 5.77. The van der Waals surface area contributed by atoms with E-state index in [-0.39, 0.29) is 12.0 Å². The Morgan fingerprint density at radius 3 is 2.35 bits per heavy atom. The van der Waals surface area contributed by atoms with Crippen molar-refractivity contribution >= 4 is 23.7 Å². The van der Waals surface area contributed by atoms with Gasteiger partial charge in [-0.15, -0.1) is 0 Å². The monoisotopic (exact) mass is 488 g/mol. The first kappa shape index (κ1) is 25.8. The Bertz CT molecular complexity index is 989. The lowest BCUT2D eigenvalue weighted by molar-refractivity contribution is -0.146. The third kappa shape index (κ3) is 6.64. The number of amides is 1. The largest absolute Gasteiger partial charge is 0.497 e. The molecular formula is C26H33ClN2O5. The molecule has 2 aromatic carbocycles. The molecule has 1 aliphatic rings. The van der Waals surface area contributed by atoms with Gasteiger partial charge in [0.25, 0.3) is 0 Å². The van der Waals surface area contributed by atoms with Gasteiger partial charge in [-0.1, -0.05) is 41.9 Å². The van der Waals surface area contributed by atoms with Gasteiger partial charge < -0.3 is 14.2 Å². The highest BCUT2D eigenvalue weighted by Gasteiger charge is 2.42. The summed E-state index contributed by atoms with van der Waals surface area (Å²) in [5.74, 6) is 0.410. The summed E-state index contributed by atoms with van der Waals surface area (Å²) < 4.78 is 16.1. The van der Waals surface area contributed by atoms with Gasteiger partial charge in [-0.25, -0.2) is 4.79 Å². The van der Waals surface area contributed by atoms with E-state index in [0.717, 1.165) is 16.9 Å². The molecule has 7 nitrogen and oxygen atoms in total. The molecule has 1 aliphatic heterocycles. The number of carbonyl (C=O) groups is 2. The average Bonchev–Trinajstić information content (AvgIpc) is 3.21. The Morgan fingerprint density at radius 2 is 1.76 bits per heavy atom. The second-order valence-corrected chi connectivity index (χ2v) is 9.81. The van der Waals surface area contributed by atoms with E-state index < -0.39 is 17.7 Å². The van der Waals surface area contributed by atoms with Crippen LogP contribution in [0.15, 0.2) is 48.5 Å². The first-order chi connectivity index (χ1) is 16.1. The van der Waals surface area contributed by atoms with Crippen LogP contribution in [0.2, 0.25) is 5.02 Å². The first-order valence-electron chi connectivity index (χ1n) is 11.3. The van der Waals surface area contributed by atoms with Gasteiger partial charge in [0.15, 0.2) is 0 Å². The molecule has 1 fully saturated rings. The minimum Gasteiger partial charge on any atom is -0.497 e. The van der Waals surface area contributed by atoms with Crippen molar-refractivity contribution in [2.75, 3.05) is 20.8 Å². The molecule has 184 valence electrons. The Balaban J connectivity index is 1.87. The molecule has 0 spiro atoms. The fraction of sp³-hybridized carbons (Fsp3) is 0.462. The Morgan fingerprint density at radius 1 is 1.09 bits per heavy atom. The second kappa shape index (κ2) is 11.1. The molecule has 3 rings (SSSR count). The lowest BCUT2D eigenvalue weighted by atomic mass is 10.1. The van der Waals surface area contributed by atoms with Crippen LogP contribution in [-0.2, 0) is 27.4 Å². The Kier molecular flexibility index (Phi) is 8.44. The average molecular weight is 489 g/mol. The number of nitrogens with zero attached hydrogens (tertiary/aromatic N) is 2. The first-order valence-corrected chi connectivity index (χ1v) is 11.7. The van der Waals surface area contributed by atoms with Crippen LogP contribution in [0.1, 0.15) is 38.3 Å². The van der Waals surface area contributed by atoms with Gasteiger partial charge in [0.05, 0.1) is 20.3 Å². The van der Waals surface area contributed by atoms with E-state index in [2.05, 4.69) is 0 Å². The standard InChI is InChI=1S/C26H33ClN2O5/c1-26(2,3)34-25(31)29(15-18-10-12-21(32-4)13-11-18)20-14-23(24(30)33-5)28(17-20)16-19-8-6-7-9-22(19)27/h6-13,20,23H,14-17H2,1-5H3/t20-,23-/m0/s1. The molecule has 8 heteroatoms. The van der Waals surface area contributed by atoms with E-state index in [0.29, 0.717) is 31.1 Å². The molecule has 0 saturated carbocycles. The van der Waals surface area contributed by atoms with Crippen LogP contribution in [0, 0.1) is 0 Å². The highest BCUT2D eigenvalue weighted by Crippen LogP contribution is 2.29. The molecule has 1 heterocycles. The van der Waals surface area contributed by atoms with Crippen LogP contribution in [0.4, 0.5) is 4.79 Å². The molecule has 2 atom stereocenters. The predicted molar refractivity (Wildman–Crippen MR) is 131 cm³/mol. The van der Waals surface area contributed by atoms with Crippen LogP contribution in [0.3, 0.4) is 0 Å². The van der Waals surface area contributed by atoms with Crippen molar-refractivity contribution < 1.29 is 23.8 Å². The zero-order chi connectivity index (χ0) is 24.9. The van der Waals surface area contributed by atoms with Crippen molar-refractivity contribution in [1.29, 1.82) is 0 Å². The summed E-state index contributed by atoms with van der Waals surface area (Å²) in [5.41, 5.74) is 1.20. The summed E-state index contributed by atoms with van der Waals surface area (Å²) in [6.07, 6.45) is 0.0171. The van der Waals surface area contributed by atoms with Gasteiger partial charge in [-0.05, 0) is 56.5 Å². The number of ether oxygens (including phenoxy) is 3. The molecule has 1 amide bonds. The molecule has 34 heavy (non-hydrogen) atoms. The van der Waals surface area contributed by atoms with E-state index in [9.17, 15) is 9.59 Å². The maximum atomic E-state index is 13.3. The highest BCUT2D eigenvalue weighted by atomic mass is 35.5. The summed E-state index contributed by atoms with van der Waals surface area (Å²) in [7, 11) is 2.99. The van der Waals surface area contributed by atoms with Crippen molar-refractivity contribution in [3.05, 3.63) is 64.7 Å². The summed E-state index contributed by atoms with van der Waals surface area (Å²) in [6.45, 7) is 6.82. The van der Waals surface area contributed by atoms with Crippen molar-refractivity contribution in [1.82, 2.24) is 9.80 Å². The number of rotatable bonds is 7. The molecule has 0 radical (unpaired) electrons. The maximum Gasteiger partial charge on any atom is 0.410 e. The lowest BCUT2D eigenvalue weighted by Crippen LogP contribution is -2.44. The van der Waals surface area contributed by atoms with Crippen molar-refractivity contribution in [2.24, 2.45) is 0 Å². The summed E-state index contributed by atoms with van der Waals surface area (Å²) >= 11 is 6.38. The minimum absolute atomic E-state index is 0.247. The number of methoxy groups -OCH3 is 2. The Labute approximate surface area is 206 Å². The van der Waals surface area contributed by atoms with Crippen molar-refractivity contribution in [3.63, 3.8) is 0 Å². The number of hydrogen-bond donors (Lipinski definition) is 0. The number of carbonyl (C=O) groups excluding carboxylic acids is 2. The second-order valence-electron chi connectivity index (χ2n) is 9.41. The van der Waals surface area contributed by atoms with E-state index >= 15 is 0 Å². The zero-order valence-electron chi connectivity index (χ0n) is 20.4. The highest BCUT2D eigenvalue weighted by molar-refractivity contribution is 6.31. The zero-order valence-corrected chi connectivity index (χ0v) is 21.2. The van der Waals surface area contributed by atoms with Gasteiger partial charge in [0.2, 0.25) is 0 Å². The molecule has 0 N–H and O–H groups in total. The number of benzene rings is 2. The number of hydrogen-bond acceptors (Lipinski definition) is 6. The molecule has 0 unspecified atom stereocenters. The maximum absolute atomic E-state index is 13.3. The quantitative estimate of drug-likeness (QED) is 0.516. The van der Waals surface area contributed by atoms with Crippen LogP contribution in [0.5, 0.6) is 5.75 Å². The number of halogens is 1. The minimum atomic E-state index is -0.646. The predicted octanol–water partition coefficient (Wildman–Crippen LogP) is 4.90. The molecule has 0 bridgehead atoms. The molecular weight excluding hydrogens is 456 g/mol. The van der Waals surface area contributed by atoms with Crippen LogP contribution < -0.4 is 4.74 Å². The van der Waals surface area contributed by atoms with Crippen molar-refractivity contribution in [3.8, 4) is 5.75 Å². The number of likely N-dealkylation sites (tertiary alicyclic amines) is 1. The number of esters is 1. The lowest BCUT2D eigenvalue weighted by Gasteiger charge is -2.32. The third-order valence-corrected chi connectivity index (χ3v) is 6.14.